The van der Waals surface area contributed by atoms with Gasteiger partial charge < -0.3 is 20.1 Å². The minimum atomic E-state index is -0.454. The van der Waals surface area contributed by atoms with Crippen LogP contribution in [0.2, 0.25) is 0 Å². The molecule has 6 nitrogen and oxygen atoms in total. The van der Waals surface area contributed by atoms with Crippen LogP contribution in [0, 0.1) is 0 Å². The molecule has 2 amide bonds. The topological polar surface area (TPSA) is 78.9 Å². The zero-order valence-electron chi connectivity index (χ0n) is 15.3. The largest absolute Gasteiger partial charge is 0.506 e. The minimum Gasteiger partial charge on any atom is -0.506 e. The van der Waals surface area contributed by atoms with E-state index in [0.717, 1.165) is 0 Å². The number of aromatic hydroxyl groups is 1. The molecule has 0 heterocycles. The summed E-state index contributed by atoms with van der Waals surface area (Å²) in [6.45, 7) is 1.47. The number of carbonyl (C=O) groups is 2. The van der Waals surface area contributed by atoms with Crippen molar-refractivity contribution in [3.05, 3.63) is 60.2 Å². The number of phenolic OH excluding ortho intramolecular Hbond substituents is 1. The van der Waals surface area contributed by atoms with Gasteiger partial charge in [0.15, 0.2) is 0 Å². The van der Waals surface area contributed by atoms with E-state index < -0.39 is 5.91 Å². The minimum absolute atomic E-state index is 0.125. The van der Waals surface area contributed by atoms with Crippen LogP contribution in [0.1, 0.15) is 17.3 Å². The summed E-state index contributed by atoms with van der Waals surface area (Å²) >= 11 is 0. The SMILES string of the molecule is COc1ccccc1NC(=O)c1ccc2c(N(C)C(C)=O)cccc2c1O. The normalized spacial score (nSPS) is 10.5. The van der Waals surface area contributed by atoms with E-state index in [2.05, 4.69) is 5.32 Å². The quantitative estimate of drug-likeness (QED) is 0.738. The first kappa shape index (κ1) is 18.3. The van der Waals surface area contributed by atoms with E-state index in [-0.39, 0.29) is 17.2 Å². The van der Waals surface area contributed by atoms with Gasteiger partial charge in [0, 0.05) is 24.7 Å². The molecule has 0 saturated heterocycles. The van der Waals surface area contributed by atoms with Crippen LogP contribution in [-0.4, -0.2) is 31.1 Å². The number of phenols is 1. The van der Waals surface area contributed by atoms with Crippen molar-refractivity contribution in [2.45, 2.75) is 6.92 Å². The van der Waals surface area contributed by atoms with Gasteiger partial charge in [0.2, 0.25) is 5.91 Å². The molecular formula is C21H20N2O4. The zero-order valence-corrected chi connectivity index (χ0v) is 15.3. The molecule has 0 saturated carbocycles. The molecule has 0 fully saturated rings. The third-order valence-electron chi connectivity index (χ3n) is 4.44. The highest BCUT2D eigenvalue weighted by Gasteiger charge is 2.18. The Morgan fingerprint density at radius 1 is 1.00 bits per heavy atom. The molecule has 0 radical (unpaired) electrons. The van der Waals surface area contributed by atoms with Crippen molar-refractivity contribution in [1.29, 1.82) is 0 Å². The number of methoxy groups -OCH3 is 1. The zero-order chi connectivity index (χ0) is 19.6. The number of nitrogens with one attached hydrogen (secondary N) is 1. The van der Waals surface area contributed by atoms with Crippen LogP contribution in [0.4, 0.5) is 11.4 Å². The second kappa shape index (κ2) is 7.37. The van der Waals surface area contributed by atoms with Crippen molar-refractivity contribution in [2.75, 3.05) is 24.4 Å². The summed E-state index contributed by atoms with van der Waals surface area (Å²) < 4.78 is 5.23. The third-order valence-corrected chi connectivity index (χ3v) is 4.44. The van der Waals surface area contributed by atoms with Crippen LogP contribution < -0.4 is 15.0 Å². The summed E-state index contributed by atoms with van der Waals surface area (Å²) in [6, 6.07) is 15.5. The lowest BCUT2D eigenvalue weighted by Crippen LogP contribution is -2.23. The van der Waals surface area contributed by atoms with Crippen molar-refractivity contribution >= 4 is 34.0 Å². The average Bonchev–Trinajstić information content (AvgIpc) is 2.67. The van der Waals surface area contributed by atoms with Crippen molar-refractivity contribution in [3.63, 3.8) is 0 Å². The lowest BCUT2D eigenvalue weighted by Gasteiger charge is -2.18. The first-order valence-electron chi connectivity index (χ1n) is 8.37. The number of hydrogen-bond acceptors (Lipinski definition) is 4. The molecule has 27 heavy (non-hydrogen) atoms. The van der Waals surface area contributed by atoms with Gasteiger partial charge in [-0.2, -0.15) is 0 Å². The number of rotatable bonds is 4. The predicted octanol–water partition coefficient (Wildman–Crippen LogP) is 3.79. The highest BCUT2D eigenvalue weighted by Crippen LogP contribution is 2.35. The molecule has 0 aliphatic rings. The summed E-state index contributed by atoms with van der Waals surface area (Å²) in [5, 5.41) is 14.6. The van der Waals surface area contributed by atoms with Gasteiger partial charge in [-0.05, 0) is 24.3 Å². The molecule has 2 N–H and O–H groups in total. The molecular weight excluding hydrogens is 344 g/mol. The number of benzene rings is 3. The smallest absolute Gasteiger partial charge is 0.259 e. The average molecular weight is 364 g/mol. The standard InChI is InChI=1S/C21H20N2O4/c1-13(24)23(2)18-9-6-7-15-14(18)11-12-16(20(15)25)21(26)22-17-8-4-5-10-19(17)27-3/h4-12,25H,1-3H3,(H,22,26). The number of ether oxygens (including phenoxy) is 1. The van der Waals surface area contributed by atoms with E-state index in [0.29, 0.717) is 27.9 Å². The molecule has 3 rings (SSSR count). The van der Waals surface area contributed by atoms with E-state index >= 15 is 0 Å². The number of para-hydroxylation sites is 2. The molecule has 0 aromatic heterocycles. The number of carbonyl (C=O) groups excluding carboxylic acids is 2. The maximum absolute atomic E-state index is 12.7. The fourth-order valence-electron chi connectivity index (χ4n) is 2.91. The first-order chi connectivity index (χ1) is 12.9. The van der Waals surface area contributed by atoms with Gasteiger partial charge in [0.05, 0.1) is 24.0 Å². The van der Waals surface area contributed by atoms with Gasteiger partial charge in [0.1, 0.15) is 11.5 Å². The Balaban J connectivity index is 2.02. The monoisotopic (exact) mass is 364 g/mol. The summed E-state index contributed by atoms with van der Waals surface area (Å²) in [4.78, 5) is 25.9. The number of anilines is 2. The van der Waals surface area contributed by atoms with Gasteiger partial charge in [0.25, 0.3) is 5.91 Å². The van der Waals surface area contributed by atoms with E-state index in [9.17, 15) is 14.7 Å². The Morgan fingerprint density at radius 3 is 2.44 bits per heavy atom. The molecule has 0 aliphatic heterocycles. The Bertz CT molecular complexity index is 1030. The van der Waals surface area contributed by atoms with Gasteiger partial charge in [-0.1, -0.05) is 30.3 Å². The van der Waals surface area contributed by atoms with Gasteiger partial charge in [-0.3, -0.25) is 9.59 Å². The summed E-state index contributed by atoms with van der Waals surface area (Å²) in [7, 11) is 3.18. The number of hydrogen-bond donors (Lipinski definition) is 2. The highest BCUT2D eigenvalue weighted by atomic mass is 16.5. The van der Waals surface area contributed by atoms with Crippen molar-refractivity contribution < 1.29 is 19.4 Å². The lowest BCUT2D eigenvalue weighted by molar-refractivity contribution is -0.116. The first-order valence-corrected chi connectivity index (χ1v) is 8.37. The number of nitrogens with zero attached hydrogens (tertiary/aromatic N) is 1. The fourth-order valence-corrected chi connectivity index (χ4v) is 2.91. The fraction of sp³-hybridized carbons (Fsp3) is 0.143. The molecule has 3 aromatic rings. The summed E-state index contributed by atoms with van der Waals surface area (Å²) in [5.41, 5.74) is 1.30. The maximum atomic E-state index is 12.7. The van der Waals surface area contributed by atoms with Crippen molar-refractivity contribution in [1.82, 2.24) is 0 Å². The second-order valence-electron chi connectivity index (χ2n) is 6.07. The maximum Gasteiger partial charge on any atom is 0.259 e. The molecule has 0 spiro atoms. The molecule has 138 valence electrons. The van der Waals surface area contributed by atoms with E-state index in [1.807, 2.05) is 0 Å². The van der Waals surface area contributed by atoms with Crippen LogP contribution in [0.25, 0.3) is 10.8 Å². The Morgan fingerprint density at radius 2 is 1.74 bits per heavy atom. The van der Waals surface area contributed by atoms with Crippen molar-refractivity contribution in [2.24, 2.45) is 0 Å². The van der Waals surface area contributed by atoms with Crippen LogP contribution in [0.5, 0.6) is 11.5 Å². The summed E-state index contributed by atoms with van der Waals surface area (Å²) in [6.07, 6.45) is 0. The predicted molar refractivity (Wildman–Crippen MR) is 106 cm³/mol. The molecule has 6 heteroatoms. The van der Waals surface area contributed by atoms with Crippen LogP contribution in [-0.2, 0) is 4.79 Å². The van der Waals surface area contributed by atoms with Gasteiger partial charge in [-0.25, -0.2) is 0 Å². The van der Waals surface area contributed by atoms with E-state index in [1.54, 1.807) is 61.6 Å². The molecule has 0 bridgehead atoms. The highest BCUT2D eigenvalue weighted by molar-refractivity contribution is 6.12. The van der Waals surface area contributed by atoms with Crippen molar-refractivity contribution in [3.8, 4) is 11.5 Å². The van der Waals surface area contributed by atoms with Gasteiger partial charge in [-0.15, -0.1) is 0 Å². The van der Waals surface area contributed by atoms with Crippen LogP contribution in [0.3, 0.4) is 0 Å². The Kier molecular flexibility index (Phi) is 4.98. The van der Waals surface area contributed by atoms with Crippen LogP contribution in [0.15, 0.2) is 54.6 Å². The van der Waals surface area contributed by atoms with E-state index in [1.165, 1.54) is 18.9 Å². The molecule has 0 aliphatic carbocycles. The molecule has 3 aromatic carbocycles. The van der Waals surface area contributed by atoms with Gasteiger partial charge >= 0.3 is 0 Å². The Labute approximate surface area is 157 Å². The Hall–Kier alpha value is -3.54. The lowest BCUT2D eigenvalue weighted by atomic mass is 10.0. The number of amides is 2. The second-order valence-corrected chi connectivity index (χ2v) is 6.07. The summed E-state index contributed by atoms with van der Waals surface area (Å²) in [5.74, 6) is -0.195. The number of fused-ring (bicyclic) bond motifs is 1. The van der Waals surface area contributed by atoms with E-state index in [4.69, 9.17) is 4.74 Å². The molecule has 0 atom stereocenters. The molecule has 0 unspecified atom stereocenters. The third kappa shape index (κ3) is 3.42. The van der Waals surface area contributed by atoms with Crippen LogP contribution >= 0.6 is 0 Å².